The topological polar surface area (TPSA) is 237 Å². The van der Waals surface area contributed by atoms with E-state index in [9.17, 15) is 45.0 Å². The third kappa shape index (κ3) is 36.8. The summed E-state index contributed by atoms with van der Waals surface area (Å²) in [4.78, 5) is 39.0. The number of hydrogen-bond donors (Lipinski definition) is 6. The van der Waals surface area contributed by atoms with Gasteiger partial charge in [0.1, 0.15) is 49.3 Å². The highest BCUT2D eigenvalue weighted by Crippen LogP contribution is 2.28. The second-order valence-electron chi connectivity index (χ2n) is 23.1. The summed E-state index contributed by atoms with van der Waals surface area (Å²) in [5.41, 5.74) is 0. The Morgan fingerprint density at radius 3 is 1.32 bits per heavy atom. The molecule has 0 amide bonds. The first kappa shape index (κ1) is 74.6. The van der Waals surface area contributed by atoms with Gasteiger partial charge >= 0.3 is 17.9 Å². The number of aliphatic hydroxyl groups is 6. The number of aliphatic hydroxyl groups excluding tert-OH is 6. The minimum absolute atomic E-state index is 0.0755. The molecule has 2 aliphatic rings. The van der Waals surface area contributed by atoms with E-state index in [0.29, 0.717) is 19.3 Å². The first-order valence-electron chi connectivity index (χ1n) is 32.9. The first-order chi connectivity index (χ1) is 39.5. The van der Waals surface area contributed by atoms with Gasteiger partial charge in [-0.1, -0.05) is 231 Å². The summed E-state index contributed by atoms with van der Waals surface area (Å²) in [5, 5.41) is 65.0. The van der Waals surface area contributed by atoms with Gasteiger partial charge in [0.25, 0.3) is 0 Å². The Morgan fingerprint density at radius 2 is 0.827 bits per heavy atom. The SMILES string of the molecule is CCCCC/C=C\C/C=C\CCCCCCCC(=O)O[C@H](COC(=O)CCCCCCCCCCCCCCC)CO[C@@H]1O[C@H](CO[C@H]2O[C@H](CO)[C@H](O)[C@@H](OC(=O)CCCCCCCCCCCCCCC)[C@H]2O)[C@@H](O)[C@H](O)[C@H]1O. The van der Waals surface area contributed by atoms with Gasteiger partial charge in [-0.25, -0.2) is 0 Å². The molecule has 0 radical (unpaired) electrons. The normalized spacial score (nSPS) is 23.6. The van der Waals surface area contributed by atoms with E-state index in [2.05, 4.69) is 45.1 Å². The van der Waals surface area contributed by atoms with Gasteiger partial charge in [-0.15, -0.1) is 0 Å². The van der Waals surface area contributed by atoms with Crippen molar-refractivity contribution in [1.29, 1.82) is 0 Å². The van der Waals surface area contributed by atoms with Crippen LogP contribution in [-0.2, 0) is 47.5 Å². The van der Waals surface area contributed by atoms with Crippen LogP contribution in [0.2, 0.25) is 0 Å². The molecule has 2 fully saturated rings. The molecule has 2 heterocycles. The summed E-state index contributed by atoms with van der Waals surface area (Å²) < 4.78 is 40.1. The lowest BCUT2D eigenvalue weighted by Crippen LogP contribution is -2.62. The second kappa shape index (κ2) is 50.8. The smallest absolute Gasteiger partial charge is 0.306 e. The van der Waals surface area contributed by atoms with E-state index < -0.39 is 105 Å². The highest BCUT2D eigenvalue weighted by atomic mass is 16.7. The van der Waals surface area contributed by atoms with Crippen LogP contribution in [0.3, 0.4) is 0 Å². The fourth-order valence-corrected chi connectivity index (χ4v) is 10.4. The van der Waals surface area contributed by atoms with Crippen LogP contribution in [0.5, 0.6) is 0 Å². The molecule has 0 saturated carbocycles. The fourth-order valence-electron chi connectivity index (χ4n) is 10.4. The van der Waals surface area contributed by atoms with Gasteiger partial charge in [0.2, 0.25) is 0 Å². The van der Waals surface area contributed by atoms with Crippen LogP contribution in [-0.4, -0.2) is 142 Å². The molecule has 16 heteroatoms. The van der Waals surface area contributed by atoms with E-state index in [0.717, 1.165) is 89.9 Å². The number of rotatable bonds is 53. The zero-order chi connectivity index (χ0) is 59.0. The predicted octanol–water partition coefficient (Wildman–Crippen LogP) is 12.4. The van der Waals surface area contributed by atoms with Crippen molar-refractivity contribution < 1.29 is 78.2 Å². The van der Waals surface area contributed by atoms with Gasteiger partial charge in [0.15, 0.2) is 24.8 Å². The predicted molar refractivity (Wildman–Crippen MR) is 317 cm³/mol. The van der Waals surface area contributed by atoms with Crippen LogP contribution in [0.4, 0.5) is 0 Å². The molecule has 0 aliphatic carbocycles. The molecule has 2 saturated heterocycles. The molecule has 474 valence electrons. The van der Waals surface area contributed by atoms with Crippen molar-refractivity contribution in [2.45, 2.75) is 345 Å². The molecule has 0 spiro atoms. The van der Waals surface area contributed by atoms with Crippen LogP contribution < -0.4 is 0 Å². The average Bonchev–Trinajstić information content (AvgIpc) is 3.54. The number of hydrogen-bond acceptors (Lipinski definition) is 16. The maximum atomic E-state index is 13.2. The van der Waals surface area contributed by atoms with Gasteiger partial charge < -0.3 is 63.8 Å². The van der Waals surface area contributed by atoms with E-state index in [1.54, 1.807) is 0 Å². The van der Waals surface area contributed by atoms with Gasteiger partial charge in [0.05, 0.1) is 19.8 Å². The largest absolute Gasteiger partial charge is 0.462 e. The van der Waals surface area contributed by atoms with Crippen molar-refractivity contribution in [2.75, 3.05) is 26.4 Å². The number of allylic oxidation sites excluding steroid dienone is 4. The number of carbonyl (C=O) groups excluding carboxylic acids is 3. The molecule has 11 atom stereocenters. The van der Waals surface area contributed by atoms with Gasteiger partial charge in [-0.2, -0.15) is 0 Å². The zero-order valence-electron chi connectivity index (χ0n) is 51.0. The van der Waals surface area contributed by atoms with Crippen LogP contribution in [0.25, 0.3) is 0 Å². The van der Waals surface area contributed by atoms with Crippen LogP contribution in [0, 0.1) is 0 Å². The van der Waals surface area contributed by atoms with Crippen molar-refractivity contribution in [3.63, 3.8) is 0 Å². The van der Waals surface area contributed by atoms with E-state index in [1.165, 1.54) is 128 Å². The van der Waals surface area contributed by atoms with Crippen LogP contribution in [0.15, 0.2) is 24.3 Å². The van der Waals surface area contributed by atoms with E-state index in [4.69, 9.17) is 33.2 Å². The Morgan fingerprint density at radius 1 is 0.420 bits per heavy atom. The Kier molecular flexibility index (Phi) is 46.8. The third-order valence-electron chi connectivity index (χ3n) is 15.7. The number of esters is 3. The van der Waals surface area contributed by atoms with Gasteiger partial charge in [0, 0.05) is 19.3 Å². The molecule has 6 N–H and O–H groups in total. The third-order valence-corrected chi connectivity index (χ3v) is 15.7. The van der Waals surface area contributed by atoms with Crippen molar-refractivity contribution in [2.24, 2.45) is 0 Å². The molecular weight excluding hydrogens is 1040 g/mol. The summed E-state index contributed by atoms with van der Waals surface area (Å²) in [7, 11) is 0. The quantitative estimate of drug-likeness (QED) is 0.0144. The number of unbranched alkanes of at least 4 members (excludes halogenated alkanes) is 32. The van der Waals surface area contributed by atoms with Crippen molar-refractivity contribution in [3.8, 4) is 0 Å². The summed E-state index contributed by atoms with van der Waals surface area (Å²) in [5.74, 6) is -1.57. The molecule has 81 heavy (non-hydrogen) atoms. The van der Waals surface area contributed by atoms with Gasteiger partial charge in [-0.05, 0) is 51.4 Å². The monoisotopic (exact) mass is 1150 g/mol. The maximum absolute atomic E-state index is 13.2. The summed E-state index contributed by atoms with van der Waals surface area (Å²) in [6.07, 6.45) is 34.0. The molecular formula is C65H118O16. The van der Waals surface area contributed by atoms with E-state index >= 15 is 0 Å². The molecule has 2 aliphatic heterocycles. The highest BCUT2D eigenvalue weighted by Gasteiger charge is 2.49. The second-order valence-corrected chi connectivity index (χ2v) is 23.1. The van der Waals surface area contributed by atoms with Gasteiger partial charge in [-0.3, -0.25) is 14.4 Å². The molecule has 2 rings (SSSR count). The number of carbonyl (C=O) groups is 3. The maximum Gasteiger partial charge on any atom is 0.306 e. The number of ether oxygens (including phenoxy) is 7. The first-order valence-corrected chi connectivity index (χ1v) is 32.9. The standard InChI is InChI=1S/C65H118O16/c1-4-7-10-13-16-19-22-25-26-29-32-34-37-40-43-46-56(68)78-52(49-75-55(67)45-42-39-36-33-30-27-23-20-17-14-11-8-5-2)50-76-64-61(73)60(72)58(70)54(80-64)51-77-65-62(74)63(59(71)53(48-66)79-65)81-57(69)47-44-41-38-35-31-28-24-21-18-15-12-9-6-3/h16,19,25-26,52-54,58-66,70-74H,4-15,17-18,20-24,27-51H2,1-3H3/b19-16-,26-25-/t52-,53-,54-,58-,59+,60+,61-,62-,63-,64-,65+/m1/s1. The Bertz CT molecular complexity index is 1560. The minimum atomic E-state index is -1.79. The minimum Gasteiger partial charge on any atom is -0.462 e. The molecule has 0 aromatic carbocycles. The average molecular weight is 1160 g/mol. The lowest BCUT2D eigenvalue weighted by molar-refractivity contribution is -0.333. The molecule has 0 aromatic rings. The van der Waals surface area contributed by atoms with Crippen molar-refractivity contribution >= 4 is 17.9 Å². The molecule has 0 unspecified atom stereocenters. The highest BCUT2D eigenvalue weighted by molar-refractivity contribution is 5.70. The summed E-state index contributed by atoms with van der Waals surface area (Å²) in [6, 6.07) is 0. The molecule has 16 nitrogen and oxygen atoms in total. The van der Waals surface area contributed by atoms with E-state index in [-0.39, 0.29) is 25.9 Å². The lowest BCUT2D eigenvalue weighted by Gasteiger charge is -2.43. The summed E-state index contributed by atoms with van der Waals surface area (Å²) >= 11 is 0. The Balaban J connectivity index is 1.90. The van der Waals surface area contributed by atoms with Crippen LogP contribution in [0.1, 0.15) is 278 Å². The van der Waals surface area contributed by atoms with E-state index in [1.807, 2.05) is 0 Å². The Labute approximate surface area is 490 Å². The van der Waals surface area contributed by atoms with Crippen molar-refractivity contribution in [1.82, 2.24) is 0 Å². The summed E-state index contributed by atoms with van der Waals surface area (Å²) in [6.45, 7) is 4.72. The fraction of sp³-hybridized carbons (Fsp3) is 0.892. The van der Waals surface area contributed by atoms with Crippen molar-refractivity contribution in [3.05, 3.63) is 24.3 Å². The Hall–Kier alpha value is -2.51. The molecule has 0 bridgehead atoms. The van der Waals surface area contributed by atoms with Crippen LogP contribution >= 0.6 is 0 Å². The molecule has 0 aromatic heterocycles. The zero-order valence-corrected chi connectivity index (χ0v) is 51.0. The lowest BCUT2D eigenvalue weighted by atomic mass is 9.98.